The maximum Gasteiger partial charge on any atom is 0.306 e. The zero-order valence-corrected chi connectivity index (χ0v) is 10.5. The molecule has 0 saturated heterocycles. The number of hydrogen-bond donors (Lipinski definition) is 1. The lowest BCUT2D eigenvalue weighted by Crippen LogP contribution is -2.35. The molecule has 0 spiro atoms. The number of amides is 1. The summed E-state index contributed by atoms with van der Waals surface area (Å²) in [5.41, 5.74) is 6.04. The second-order valence-electron chi connectivity index (χ2n) is 4.78. The third kappa shape index (κ3) is 4.05. The van der Waals surface area contributed by atoms with Crippen LogP contribution in [0.15, 0.2) is 24.3 Å². The Balaban J connectivity index is 1.80. The Morgan fingerprint density at radius 2 is 1.95 bits per heavy atom. The minimum atomic E-state index is -0.791. The summed E-state index contributed by atoms with van der Waals surface area (Å²) in [7, 11) is 0. The van der Waals surface area contributed by atoms with Gasteiger partial charge >= 0.3 is 5.97 Å². The molecule has 0 radical (unpaired) electrons. The number of rotatable bonds is 6. The molecule has 1 saturated carbocycles. The van der Waals surface area contributed by atoms with E-state index in [1.54, 1.807) is 12.1 Å². The molecule has 0 heterocycles. The van der Waals surface area contributed by atoms with Crippen LogP contribution in [0.3, 0.4) is 0 Å². The van der Waals surface area contributed by atoms with Gasteiger partial charge in [0.05, 0.1) is 0 Å². The summed E-state index contributed by atoms with van der Waals surface area (Å²) < 4.78 is 17.8. The van der Waals surface area contributed by atoms with E-state index in [9.17, 15) is 14.0 Å². The van der Waals surface area contributed by atoms with Crippen LogP contribution in [-0.4, -0.2) is 18.0 Å². The van der Waals surface area contributed by atoms with Gasteiger partial charge in [0, 0.05) is 12.3 Å². The van der Waals surface area contributed by atoms with Gasteiger partial charge in [0.15, 0.2) is 6.10 Å². The number of primary amides is 1. The molecular formula is C14H16FNO3. The van der Waals surface area contributed by atoms with Gasteiger partial charge in [-0.1, -0.05) is 12.1 Å². The van der Waals surface area contributed by atoms with E-state index in [-0.39, 0.29) is 18.2 Å². The van der Waals surface area contributed by atoms with Gasteiger partial charge in [0.25, 0.3) is 5.91 Å². The van der Waals surface area contributed by atoms with Crippen molar-refractivity contribution in [1.29, 1.82) is 0 Å². The van der Waals surface area contributed by atoms with Gasteiger partial charge < -0.3 is 10.5 Å². The van der Waals surface area contributed by atoms with Crippen molar-refractivity contribution in [3.8, 4) is 0 Å². The van der Waals surface area contributed by atoms with Crippen molar-refractivity contribution in [3.05, 3.63) is 35.6 Å². The Hall–Kier alpha value is -1.91. The third-order valence-corrected chi connectivity index (χ3v) is 3.12. The minimum absolute atomic E-state index is 0.0901. The molecule has 0 bridgehead atoms. The van der Waals surface area contributed by atoms with E-state index in [2.05, 4.69) is 0 Å². The number of esters is 1. The van der Waals surface area contributed by atoms with Crippen LogP contribution in [0.1, 0.15) is 24.8 Å². The predicted octanol–water partition coefficient (Wildman–Crippen LogP) is 1.57. The fourth-order valence-corrected chi connectivity index (χ4v) is 1.88. The molecule has 1 aromatic carbocycles. The molecule has 4 nitrogen and oxygen atoms in total. The number of halogens is 1. The van der Waals surface area contributed by atoms with Gasteiger partial charge in [-0.2, -0.15) is 0 Å². The molecule has 5 heteroatoms. The van der Waals surface area contributed by atoms with E-state index in [0.29, 0.717) is 6.42 Å². The molecule has 2 N–H and O–H groups in total. The SMILES string of the molecule is NC(=O)[C@@H](OC(=O)CCc1ccc(F)cc1)C1CC1. The summed E-state index contributed by atoms with van der Waals surface area (Å²) >= 11 is 0. The van der Waals surface area contributed by atoms with Crippen LogP contribution in [-0.2, 0) is 20.7 Å². The summed E-state index contributed by atoms with van der Waals surface area (Å²) in [6, 6.07) is 5.93. The van der Waals surface area contributed by atoms with E-state index in [1.807, 2.05) is 0 Å². The molecule has 1 aliphatic rings. The molecule has 2 rings (SSSR count). The maximum atomic E-state index is 12.7. The first kappa shape index (κ1) is 13.5. The number of carbonyl (C=O) groups is 2. The second kappa shape index (κ2) is 5.82. The van der Waals surface area contributed by atoms with E-state index < -0.39 is 18.0 Å². The van der Waals surface area contributed by atoms with Crippen LogP contribution in [0.2, 0.25) is 0 Å². The molecule has 1 aliphatic carbocycles. The first-order valence-corrected chi connectivity index (χ1v) is 6.29. The summed E-state index contributed by atoms with van der Waals surface area (Å²) in [5, 5.41) is 0. The number of benzene rings is 1. The smallest absolute Gasteiger partial charge is 0.306 e. The van der Waals surface area contributed by atoms with E-state index in [4.69, 9.17) is 10.5 Å². The molecule has 19 heavy (non-hydrogen) atoms. The summed E-state index contributed by atoms with van der Waals surface area (Å²) in [6.07, 6.45) is 1.57. The van der Waals surface area contributed by atoms with E-state index in [1.165, 1.54) is 12.1 Å². The van der Waals surface area contributed by atoms with Gasteiger partial charge in [-0.05, 0) is 37.0 Å². The highest BCUT2D eigenvalue weighted by Gasteiger charge is 2.37. The van der Waals surface area contributed by atoms with Gasteiger partial charge in [-0.15, -0.1) is 0 Å². The monoisotopic (exact) mass is 265 g/mol. The molecule has 0 unspecified atom stereocenters. The average Bonchev–Trinajstić information content (AvgIpc) is 3.19. The Bertz CT molecular complexity index is 468. The van der Waals surface area contributed by atoms with Crippen molar-refractivity contribution in [2.24, 2.45) is 11.7 Å². The highest BCUT2D eigenvalue weighted by atomic mass is 19.1. The van der Waals surface area contributed by atoms with Crippen LogP contribution < -0.4 is 5.73 Å². The molecule has 1 aromatic rings. The van der Waals surface area contributed by atoms with Crippen molar-refractivity contribution in [2.75, 3.05) is 0 Å². The quantitative estimate of drug-likeness (QED) is 0.794. The third-order valence-electron chi connectivity index (χ3n) is 3.12. The van der Waals surface area contributed by atoms with Crippen LogP contribution in [0.4, 0.5) is 4.39 Å². The Morgan fingerprint density at radius 1 is 1.32 bits per heavy atom. The van der Waals surface area contributed by atoms with Crippen molar-refractivity contribution in [2.45, 2.75) is 31.8 Å². The van der Waals surface area contributed by atoms with Gasteiger partial charge in [0.2, 0.25) is 0 Å². The van der Waals surface area contributed by atoms with Gasteiger partial charge in [0.1, 0.15) is 5.82 Å². The van der Waals surface area contributed by atoms with Gasteiger partial charge in [-0.3, -0.25) is 9.59 Å². The van der Waals surface area contributed by atoms with Crippen molar-refractivity contribution in [1.82, 2.24) is 0 Å². The molecule has 102 valence electrons. The summed E-state index contributed by atoms with van der Waals surface area (Å²) in [6.45, 7) is 0. The average molecular weight is 265 g/mol. The Kier molecular flexibility index (Phi) is 4.14. The zero-order chi connectivity index (χ0) is 13.8. The number of aryl methyl sites for hydroxylation is 1. The number of hydrogen-bond acceptors (Lipinski definition) is 3. The van der Waals surface area contributed by atoms with Crippen LogP contribution in [0.25, 0.3) is 0 Å². The number of nitrogens with two attached hydrogens (primary N) is 1. The second-order valence-corrected chi connectivity index (χ2v) is 4.78. The molecule has 1 atom stereocenters. The fourth-order valence-electron chi connectivity index (χ4n) is 1.88. The van der Waals surface area contributed by atoms with Crippen LogP contribution in [0.5, 0.6) is 0 Å². The van der Waals surface area contributed by atoms with Crippen LogP contribution >= 0.6 is 0 Å². The zero-order valence-electron chi connectivity index (χ0n) is 10.5. The van der Waals surface area contributed by atoms with Gasteiger partial charge in [-0.25, -0.2) is 4.39 Å². The number of carbonyl (C=O) groups excluding carboxylic acids is 2. The van der Waals surface area contributed by atoms with Crippen molar-refractivity contribution in [3.63, 3.8) is 0 Å². The topological polar surface area (TPSA) is 69.4 Å². The van der Waals surface area contributed by atoms with Crippen molar-refractivity contribution >= 4 is 11.9 Å². The molecule has 1 fully saturated rings. The highest BCUT2D eigenvalue weighted by Crippen LogP contribution is 2.34. The molecular weight excluding hydrogens is 249 g/mol. The standard InChI is InChI=1S/C14H16FNO3/c15-11-6-1-9(2-7-11)3-8-12(17)19-13(14(16)18)10-4-5-10/h1-2,6-7,10,13H,3-5,8H2,(H2,16,18)/t13-/m0/s1. The number of ether oxygens (including phenoxy) is 1. The highest BCUT2D eigenvalue weighted by molar-refractivity contribution is 5.83. The fraction of sp³-hybridized carbons (Fsp3) is 0.429. The van der Waals surface area contributed by atoms with Crippen molar-refractivity contribution < 1.29 is 18.7 Å². The Morgan fingerprint density at radius 3 is 2.47 bits per heavy atom. The van der Waals surface area contributed by atoms with E-state index in [0.717, 1.165) is 18.4 Å². The first-order chi connectivity index (χ1) is 9.06. The van der Waals surface area contributed by atoms with E-state index >= 15 is 0 Å². The van der Waals surface area contributed by atoms with Crippen LogP contribution in [0, 0.1) is 11.7 Å². The predicted molar refractivity (Wildman–Crippen MR) is 66.5 cm³/mol. The molecule has 1 amide bonds. The molecule has 0 aromatic heterocycles. The Labute approximate surface area is 110 Å². The lowest BCUT2D eigenvalue weighted by atomic mass is 10.1. The first-order valence-electron chi connectivity index (χ1n) is 6.29. The largest absolute Gasteiger partial charge is 0.452 e. The molecule has 0 aliphatic heterocycles. The lowest BCUT2D eigenvalue weighted by Gasteiger charge is -2.13. The lowest BCUT2D eigenvalue weighted by molar-refractivity contribution is -0.156. The normalized spacial score (nSPS) is 15.8. The summed E-state index contributed by atoms with van der Waals surface area (Å²) in [4.78, 5) is 22.8. The maximum absolute atomic E-state index is 12.7. The summed E-state index contributed by atoms with van der Waals surface area (Å²) in [5.74, 6) is -1.25. The minimum Gasteiger partial charge on any atom is -0.452 e.